The number of hydrogen-bond donors (Lipinski definition) is 1. The number of hydrogen-bond acceptors (Lipinski definition) is 5. The van der Waals surface area contributed by atoms with Gasteiger partial charge in [0.05, 0.1) is 17.6 Å². The van der Waals surface area contributed by atoms with E-state index in [-0.39, 0.29) is 29.4 Å². The van der Waals surface area contributed by atoms with Crippen molar-refractivity contribution in [1.82, 2.24) is 4.90 Å². The van der Waals surface area contributed by atoms with Gasteiger partial charge in [0.1, 0.15) is 5.75 Å². The highest BCUT2D eigenvalue weighted by Gasteiger charge is 2.35. The molecule has 0 aliphatic carbocycles. The first-order valence-corrected chi connectivity index (χ1v) is 11.0. The summed E-state index contributed by atoms with van der Waals surface area (Å²) in [7, 11) is -3.06. The van der Waals surface area contributed by atoms with Crippen molar-refractivity contribution < 1.29 is 26.7 Å². The second kappa shape index (κ2) is 8.66. The molecular formula is C17H22F2N2O4S2. The first-order valence-electron chi connectivity index (χ1n) is 8.77. The van der Waals surface area contributed by atoms with Gasteiger partial charge in [0.25, 0.3) is 0 Å². The van der Waals surface area contributed by atoms with Crippen molar-refractivity contribution in [2.24, 2.45) is 0 Å². The molecule has 2 saturated heterocycles. The molecule has 0 unspecified atom stereocenters. The maximum Gasteiger partial charge on any atom is 0.387 e. The minimum absolute atomic E-state index is 0.0230. The fourth-order valence-electron chi connectivity index (χ4n) is 3.34. The van der Waals surface area contributed by atoms with Gasteiger partial charge in [-0.2, -0.15) is 8.78 Å². The third-order valence-corrected chi connectivity index (χ3v) is 6.75. The molecule has 1 aromatic rings. The van der Waals surface area contributed by atoms with Crippen molar-refractivity contribution in [3.63, 3.8) is 0 Å². The molecular weight excluding hydrogens is 398 g/mol. The van der Waals surface area contributed by atoms with Crippen LogP contribution in [-0.2, 0) is 14.6 Å². The average molecular weight is 421 g/mol. The van der Waals surface area contributed by atoms with Crippen LogP contribution >= 0.6 is 12.2 Å². The van der Waals surface area contributed by atoms with Gasteiger partial charge in [-0.25, -0.2) is 8.42 Å². The second-order valence-electron chi connectivity index (χ2n) is 6.68. The Morgan fingerprint density at radius 1 is 1.33 bits per heavy atom. The molecule has 3 rings (SSSR count). The van der Waals surface area contributed by atoms with E-state index in [0.29, 0.717) is 30.4 Å². The number of anilines is 1. The zero-order valence-corrected chi connectivity index (χ0v) is 16.3. The Morgan fingerprint density at radius 3 is 2.63 bits per heavy atom. The maximum absolute atomic E-state index is 12.2. The number of alkyl halides is 2. The monoisotopic (exact) mass is 420 g/mol. The molecule has 10 heteroatoms. The minimum atomic E-state index is -3.06. The molecule has 0 saturated carbocycles. The van der Waals surface area contributed by atoms with Crippen LogP contribution in [0, 0.1) is 0 Å². The number of benzene rings is 1. The Labute approximate surface area is 162 Å². The summed E-state index contributed by atoms with van der Waals surface area (Å²) in [4.78, 5) is 1.89. The predicted molar refractivity (Wildman–Crippen MR) is 102 cm³/mol. The number of ether oxygens (including phenoxy) is 2. The summed E-state index contributed by atoms with van der Waals surface area (Å²) >= 11 is 5.52. The molecule has 0 aromatic heterocycles. The third kappa shape index (κ3) is 5.73. The molecule has 0 bridgehead atoms. The van der Waals surface area contributed by atoms with Gasteiger partial charge < -0.3 is 19.7 Å². The van der Waals surface area contributed by atoms with E-state index >= 15 is 0 Å². The molecule has 0 spiro atoms. The van der Waals surface area contributed by atoms with E-state index in [9.17, 15) is 17.2 Å². The number of nitrogens with one attached hydrogen (secondary N) is 1. The highest BCUT2D eigenvalue weighted by molar-refractivity contribution is 7.91. The second-order valence-corrected chi connectivity index (χ2v) is 9.29. The van der Waals surface area contributed by atoms with E-state index in [1.807, 2.05) is 4.90 Å². The molecule has 2 fully saturated rings. The van der Waals surface area contributed by atoms with E-state index in [1.54, 1.807) is 12.1 Å². The summed E-state index contributed by atoms with van der Waals surface area (Å²) in [5.41, 5.74) is 0.611. The minimum Gasteiger partial charge on any atom is -0.435 e. The van der Waals surface area contributed by atoms with Gasteiger partial charge in [0.15, 0.2) is 14.9 Å². The summed E-state index contributed by atoms with van der Waals surface area (Å²) in [5.74, 6) is 0.282. The predicted octanol–water partition coefficient (Wildman–Crippen LogP) is 2.65. The SMILES string of the molecule is O=S1(=O)CC[C@@H](N(C[C@@H]2CCCO2)C(=S)Nc2ccc(OC(F)F)cc2)C1. The van der Waals surface area contributed by atoms with Crippen LogP contribution in [0.1, 0.15) is 19.3 Å². The van der Waals surface area contributed by atoms with Gasteiger partial charge in [-0.3, -0.25) is 0 Å². The molecule has 27 heavy (non-hydrogen) atoms. The first kappa shape index (κ1) is 20.2. The summed E-state index contributed by atoms with van der Waals surface area (Å²) < 4.78 is 58.3. The Balaban J connectivity index is 1.68. The van der Waals surface area contributed by atoms with Gasteiger partial charge in [-0.05, 0) is 55.7 Å². The standard InChI is InChI=1S/C17H22F2N2O4S2/c18-16(19)25-14-5-3-12(4-6-14)20-17(26)21(10-15-2-1-8-24-15)13-7-9-27(22,23)11-13/h3-6,13,15-16H,1-2,7-11H2,(H,20,26)/t13-,15+/m1/s1. The lowest BCUT2D eigenvalue weighted by atomic mass is 10.2. The highest BCUT2D eigenvalue weighted by atomic mass is 32.2. The molecule has 1 aromatic carbocycles. The van der Waals surface area contributed by atoms with E-state index in [2.05, 4.69) is 10.1 Å². The summed E-state index contributed by atoms with van der Waals surface area (Å²) in [5, 5.41) is 3.46. The van der Waals surface area contributed by atoms with Crippen LogP contribution in [-0.4, -0.2) is 61.8 Å². The Morgan fingerprint density at radius 2 is 2.07 bits per heavy atom. The lowest BCUT2D eigenvalue weighted by Gasteiger charge is -2.33. The largest absolute Gasteiger partial charge is 0.435 e. The molecule has 1 N–H and O–H groups in total. The van der Waals surface area contributed by atoms with Crippen molar-refractivity contribution in [1.29, 1.82) is 0 Å². The Kier molecular flexibility index (Phi) is 6.48. The molecule has 2 aliphatic heterocycles. The maximum atomic E-state index is 12.2. The van der Waals surface area contributed by atoms with E-state index in [1.165, 1.54) is 12.1 Å². The summed E-state index contributed by atoms with van der Waals surface area (Å²) in [6, 6.07) is 5.81. The van der Waals surface area contributed by atoms with Crippen molar-refractivity contribution in [2.75, 3.05) is 30.0 Å². The zero-order valence-electron chi connectivity index (χ0n) is 14.6. The van der Waals surface area contributed by atoms with Gasteiger partial charge >= 0.3 is 6.61 Å². The third-order valence-electron chi connectivity index (χ3n) is 4.67. The van der Waals surface area contributed by atoms with Crippen LogP contribution in [0.15, 0.2) is 24.3 Å². The summed E-state index contributed by atoms with van der Waals surface area (Å²) in [6.45, 7) is -1.65. The first-order chi connectivity index (χ1) is 12.8. The van der Waals surface area contributed by atoms with Crippen LogP contribution in [0.3, 0.4) is 0 Å². The number of rotatable bonds is 6. The van der Waals surface area contributed by atoms with Crippen LogP contribution in [0.2, 0.25) is 0 Å². The molecule has 0 amide bonds. The van der Waals surface area contributed by atoms with Crippen LogP contribution < -0.4 is 10.1 Å². The zero-order chi connectivity index (χ0) is 19.4. The Hall–Kier alpha value is -1.52. The fourth-order valence-corrected chi connectivity index (χ4v) is 5.41. The van der Waals surface area contributed by atoms with E-state index < -0.39 is 16.4 Å². The quantitative estimate of drug-likeness (QED) is 0.710. The van der Waals surface area contributed by atoms with Crippen molar-refractivity contribution in [2.45, 2.75) is 38.0 Å². The number of sulfone groups is 1. The average Bonchev–Trinajstić information content (AvgIpc) is 3.23. The number of halogens is 2. The molecule has 6 nitrogen and oxygen atoms in total. The van der Waals surface area contributed by atoms with Gasteiger partial charge in [-0.15, -0.1) is 0 Å². The molecule has 150 valence electrons. The topological polar surface area (TPSA) is 67.9 Å². The van der Waals surface area contributed by atoms with Gasteiger partial charge in [0.2, 0.25) is 0 Å². The highest BCUT2D eigenvalue weighted by Crippen LogP contribution is 2.23. The van der Waals surface area contributed by atoms with Crippen LogP contribution in [0.5, 0.6) is 5.75 Å². The smallest absolute Gasteiger partial charge is 0.387 e. The molecule has 2 aliphatic rings. The molecule has 2 heterocycles. The Bertz CT molecular complexity index is 753. The van der Waals surface area contributed by atoms with Crippen molar-refractivity contribution in [3.8, 4) is 5.75 Å². The van der Waals surface area contributed by atoms with E-state index in [0.717, 1.165) is 12.8 Å². The normalized spacial score (nSPS) is 24.1. The number of nitrogens with zero attached hydrogens (tertiary/aromatic N) is 1. The lowest BCUT2D eigenvalue weighted by molar-refractivity contribution is -0.0498. The molecule has 2 atom stereocenters. The van der Waals surface area contributed by atoms with E-state index in [4.69, 9.17) is 17.0 Å². The van der Waals surface area contributed by atoms with Gasteiger partial charge in [0, 0.05) is 24.9 Å². The van der Waals surface area contributed by atoms with Crippen molar-refractivity contribution >= 4 is 32.9 Å². The van der Waals surface area contributed by atoms with Gasteiger partial charge in [-0.1, -0.05) is 0 Å². The fraction of sp³-hybridized carbons (Fsp3) is 0.588. The molecule has 0 radical (unpaired) electrons. The van der Waals surface area contributed by atoms with Crippen LogP contribution in [0.25, 0.3) is 0 Å². The van der Waals surface area contributed by atoms with Crippen LogP contribution in [0.4, 0.5) is 14.5 Å². The summed E-state index contributed by atoms with van der Waals surface area (Å²) in [6.07, 6.45) is 2.44. The number of thiocarbonyl (C=S) groups is 1. The lowest BCUT2D eigenvalue weighted by Crippen LogP contribution is -2.47. The van der Waals surface area contributed by atoms with Crippen molar-refractivity contribution in [3.05, 3.63) is 24.3 Å².